The van der Waals surface area contributed by atoms with Gasteiger partial charge >= 0.3 is 0 Å². The van der Waals surface area contributed by atoms with E-state index in [0.29, 0.717) is 5.92 Å². The third kappa shape index (κ3) is 2.70. The van der Waals surface area contributed by atoms with Crippen LogP contribution in [0, 0.1) is 0 Å². The first kappa shape index (κ1) is 13.2. The quantitative estimate of drug-likeness (QED) is 0.912. The van der Waals surface area contributed by atoms with E-state index in [1.807, 2.05) is 6.07 Å². The summed E-state index contributed by atoms with van der Waals surface area (Å²) in [5, 5.41) is 3.43. The van der Waals surface area contributed by atoms with Crippen LogP contribution in [0.1, 0.15) is 24.3 Å². The number of piperidine rings is 1. The summed E-state index contributed by atoms with van der Waals surface area (Å²) in [5.74, 6) is 1.62. The van der Waals surface area contributed by atoms with E-state index in [4.69, 9.17) is 4.74 Å². The SMILES string of the molecule is COc1ccc(C2CCNCC2)cc1-c1ccccc1. The second-order valence-electron chi connectivity index (χ2n) is 5.35. The van der Waals surface area contributed by atoms with Crippen molar-refractivity contribution in [1.29, 1.82) is 0 Å². The molecule has 0 saturated carbocycles. The molecule has 0 radical (unpaired) electrons. The van der Waals surface area contributed by atoms with Crippen molar-refractivity contribution in [2.75, 3.05) is 20.2 Å². The molecule has 0 spiro atoms. The lowest BCUT2D eigenvalue weighted by atomic mass is 9.88. The summed E-state index contributed by atoms with van der Waals surface area (Å²) >= 11 is 0. The molecule has 0 aliphatic carbocycles. The van der Waals surface area contributed by atoms with Crippen LogP contribution in [0.25, 0.3) is 11.1 Å². The summed E-state index contributed by atoms with van der Waals surface area (Å²) in [6, 6.07) is 17.1. The van der Waals surface area contributed by atoms with Crippen LogP contribution in [0.4, 0.5) is 0 Å². The van der Waals surface area contributed by atoms with Gasteiger partial charge in [0.2, 0.25) is 0 Å². The van der Waals surface area contributed by atoms with Gasteiger partial charge in [0, 0.05) is 5.56 Å². The van der Waals surface area contributed by atoms with Gasteiger partial charge in [0.25, 0.3) is 0 Å². The molecule has 1 saturated heterocycles. The highest BCUT2D eigenvalue weighted by atomic mass is 16.5. The molecule has 1 aliphatic rings. The lowest BCUT2D eigenvalue weighted by Crippen LogP contribution is -2.26. The maximum atomic E-state index is 5.53. The summed E-state index contributed by atoms with van der Waals surface area (Å²) in [4.78, 5) is 0. The van der Waals surface area contributed by atoms with E-state index < -0.39 is 0 Å². The molecular formula is C18H21NO. The van der Waals surface area contributed by atoms with E-state index in [2.05, 4.69) is 47.8 Å². The Kier molecular flexibility index (Phi) is 4.03. The van der Waals surface area contributed by atoms with E-state index in [9.17, 15) is 0 Å². The number of hydrogen-bond acceptors (Lipinski definition) is 2. The molecule has 2 aromatic rings. The van der Waals surface area contributed by atoms with Crippen LogP contribution < -0.4 is 10.1 Å². The van der Waals surface area contributed by atoms with Crippen molar-refractivity contribution in [2.24, 2.45) is 0 Å². The molecule has 1 heterocycles. The lowest BCUT2D eigenvalue weighted by molar-refractivity contribution is 0.415. The fraction of sp³-hybridized carbons (Fsp3) is 0.333. The zero-order valence-corrected chi connectivity index (χ0v) is 11.9. The second-order valence-corrected chi connectivity index (χ2v) is 5.35. The molecule has 2 aromatic carbocycles. The minimum absolute atomic E-state index is 0.671. The zero-order chi connectivity index (χ0) is 13.8. The molecule has 3 rings (SSSR count). The van der Waals surface area contributed by atoms with Gasteiger partial charge in [-0.1, -0.05) is 36.4 Å². The first-order valence-corrected chi connectivity index (χ1v) is 7.32. The van der Waals surface area contributed by atoms with Crippen LogP contribution in [0.15, 0.2) is 48.5 Å². The number of methoxy groups -OCH3 is 1. The number of hydrogen-bond donors (Lipinski definition) is 1. The fourth-order valence-corrected chi connectivity index (χ4v) is 2.98. The minimum Gasteiger partial charge on any atom is -0.496 e. The average molecular weight is 267 g/mol. The Balaban J connectivity index is 1.98. The molecule has 0 bridgehead atoms. The van der Waals surface area contributed by atoms with E-state index >= 15 is 0 Å². The number of nitrogens with one attached hydrogen (secondary N) is 1. The van der Waals surface area contributed by atoms with E-state index in [1.54, 1.807) is 7.11 Å². The number of rotatable bonds is 3. The maximum absolute atomic E-state index is 5.53. The summed E-state index contributed by atoms with van der Waals surface area (Å²) in [6.45, 7) is 2.24. The van der Waals surface area contributed by atoms with Gasteiger partial charge in [0.05, 0.1) is 7.11 Å². The van der Waals surface area contributed by atoms with Crippen molar-refractivity contribution in [3.05, 3.63) is 54.1 Å². The molecule has 0 amide bonds. The molecule has 0 unspecified atom stereocenters. The summed E-state index contributed by atoms with van der Waals surface area (Å²) in [7, 11) is 1.74. The molecule has 104 valence electrons. The molecule has 1 N–H and O–H groups in total. The van der Waals surface area contributed by atoms with Crippen molar-refractivity contribution in [2.45, 2.75) is 18.8 Å². The van der Waals surface area contributed by atoms with Crippen LogP contribution in [-0.4, -0.2) is 20.2 Å². The summed E-state index contributed by atoms with van der Waals surface area (Å²) in [5.41, 5.74) is 3.86. The monoisotopic (exact) mass is 267 g/mol. The van der Waals surface area contributed by atoms with Crippen LogP contribution in [0.3, 0.4) is 0 Å². The summed E-state index contributed by atoms with van der Waals surface area (Å²) < 4.78 is 5.53. The van der Waals surface area contributed by atoms with Crippen molar-refractivity contribution in [3.8, 4) is 16.9 Å². The molecule has 0 aromatic heterocycles. The Morgan fingerprint density at radius 2 is 1.75 bits per heavy atom. The van der Waals surface area contributed by atoms with Crippen molar-refractivity contribution < 1.29 is 4.74 Å². The molecule has 20 heavy (non-hydrogen) atoms. The second kappa shape index (κ2) is 6.10. The van der Waals surface area contributed by atoms with E-state index in [0.717, 1.165) is 18.8 Å². The molecule has 1 fully saturated rings. The third-order valence-electron chi connectivity index (χ3n) is 4.12. The van der Waals surface area contributed by atoms with Gasteiger partial charge in [-0.25, -0.2) is 0 Å². The topological polar surface area (TPSA) is 21.3 Å². The van der Waals surface area contributed by atoms with Crippen molar-refractivity contribution >= 4 is 0 Å². The molecule has 1 aliphatic heterocycles. The van der Waals surface area contributed by atoms with Gasteiger partial charge in [-0.05, 0) is 55.1 Å². The number of benzene rings is 2. The average Bonchev–Trinajstić information content (AvgIpc) is 2.56. The highest BCUT2D eigenvalue weighted by Gasteiger charge is 2.17. The molecule has 2 heteroatoms. The van der Waals surface area contributed by atoms with Gasteiger partial charge in [-0.3, -0.25) is 0 Å². The first-order valence-electron chi connectivity index (χ1n) is 7.32. The maximum Gasteiger partial charge on any atom is 0.126 e. The van der Waals surface area contributed by atoms with Crippen LogP contribution in [-0.2, 0) is 0 Å². The highest BCUT2D eigenvalue weighted by Crippen LogP contribution is 2.35. The van der Waals surface area contributed by atoms with Gasteiger partial charge < -0.3 is 10.1 Å². The van der Waals surface area contributed by atoms with Crippen LogP contribution >= 0.6 is 0 Å². The van der Waals surface area contributed by atoms with Gasteiger partial charge in [0.15, 0.2) is 0 Å². The van der Waals surface area contributed by atoms with Gasteiger partial charge in [-0.2, -0.15) is 0 Å². The highest BCUT2D eigenvalue weighted by molar-refractivity contribution is 5.71. The van der Waals surface area contributed by atoms with E-state index in [-0.39, 0.29) is 0 Å². The molecule has 2 nitrogen and oxygen atoms in total. The number of ether oxygens (including phenoxy) is 1. The van der Waals surface area contributed by atoms with Gasteiger partial charge in [0.1, 0.15) is 5.75 Å². The first-order chi connectivity index (χ1) is 9.88. The Morgan fingerprint density at radius 3 is 2.45 bits per heavy atom. The summed E-state index contributed by atoms with van der Waals surface area (Å²) in [6.07, 6.45) is 2.45. The normalized spacial score (nSPS) is 16.1. The zero-order valence-electron chi connectivity index (χ0n) is 11.9. The standard InChI is InChI=1S/C18H21NO/c1-20-18-8-7-16(14-9-11-19-12-10-14)13-17(18)15-5-3-2-4-6-15/h2-8,13-14,19H,9-12H2,1H3. The van der Waals surface area contributed by atoms with Crippen LogP contribution in [0.5, 0.6) is 5.75 Å². The smallest absolute Gasteiger partial charge is 0.126 e. The Morgan fingerprint density at radius 1 is 1.00 bits per heavy atom. The Labute approximate surface area is 120 Å². The fourth-order valence-electron chi connectivity index (χ4n) is 2.98. The lowest BCUT2D eigenvalue weighted by Gasteiger charge is -2.24. The largest absolute Gasteiger partial charge is 0.496 e. The van der Waals surface area contributed by atoms with Crippen molar-refractivity contribution in [1.82, 2.24) is 5.32 Å². The Bertz CT molecular complexity index is 559. The Hall–Kier alpha value is -1.80. The van der Waals surface area contributed by atoms with E-state index in [1.165, 1.54) is 29.5 Å². The molecule has 0 atom stereocenters. The predicted octanol–water partition coefficient (Wildman–Crippen LogP) is 3.83. The van der Waals surface area contributed by atoms with Crippen LogP contribution in [0.2, 0.25) is 0 Å². The minimum atomic E-state index is 0.671. The third-order valence-corrected chi connectivity index (χ3v) is 4.12. The molecular weight excluding hydrogens is 246 g/mol. The van der Waals surface area contributed by atoms with Gasteiger partial charge in [-0.15, -0.1) is 0 Å². The van der Waals surface area contributed by atoms with Crippen molar-refractivity contribution in [3.63, 3.8) is 0 Å². The predicted molar refractivity (Wildman–Crippen MR) is 83.3 cm³/mol.